The highest BCUT2D eigenvalue weighted by Gasteiger charge is 2.15. The van der Waals surface area contributed by atoms with Gasteiger partial charge >= 0.3 is 0 Å². The summed E-state index contributed by atoms with van der Waals surface area (Å²) in [5, 5.41) is 7.61. The zero-order chi connectivity index (χ0) is 10.3. The summed E-state index contributed by atoms with van der Waals surface area (Å²) in [6.07, 6.45) is 2.95. The first-order valence-corrected chi connectivity index (χ1v) is 5.20. The zero-order valence-electron chi connectivity index (χ0n) is 8.70. The number of anilines is 1. The number of nitrogens with zero attached hydrogens (tertiary/aromatic N) is 2. The summed E-state index contributed by atoms with van der Waals surface area (Å²) in [5.74, 6) is 0. The molecular weight excluding hydrogens is 186 g/mol. The van der Waals surface area contributed by atoms with E-state index in [0.717, 1.165) is 13.0 Å². The van der Waals surface area contributed by atoms with Crippen LogP contribution in [0, 0.1) is 0 Å². The van der Waals surface area contributed by atoms with Gasteiger partial charge in [0.15, 0.2) is 0 Å². The molecule has 2 aromatic rings. The predicted molar refractivity (Wildman–Crippen MR) is 60.8 cm³/mol. The number of hydrogen-bond donors (Lipinski definition) is 1. The molecule has 2 heterocycles. The van der Waals surface area contributed by atoms with E-state index in [-0.39, 0.29) is 0 Å². The van der Waals surface area contributed by atoms with Gasteiger partial charge in [-0.15, -0.1) is 0 Å². The van der Waals surface area contributed by atoms with Gasteiger partial charge in [-0.05, 0) is 24.1 Å². The lowest BCUT2D eigenvalue weighted by Crippen LogP contribution is -1.95. The van der Waals surface area contributed by atoms with Gasteiger partial charge < -0.3 is 5.32 Å². The van der Waals surface area contributed by atoms with E-state index in [9.17, 15) is 0 Å². The number of nitrogens with one attached hydrogen (secondary N) is 1. The smallest absolute Gasteiger partial charge is 0.0682 e. The molecule has 1 aliphatic rings. The fourth-order valence-corrected chi connectivity index (χ4v) is 2.22. The minimum absolute atomic E-state index is 1.05. The molecule has 3 rings (SSSR count). The molecule has 1 N–H and O–H groups in total. The molecule has 0 aliphatic carbocycles. The van der Waals surface area contributed by atoms with Crippen LogP contribution in [0.4, 0.5) is 5.69 Å². The molecule has 3 nitrogen and oxygen atoms in total. The number of aryl methyl sites for hydroxylation is 1. The van der Waals surface area contributed by atoms with Gasteiger partial charge in [0.1, 0.15) is 0 Å². The number of rotatable bonds is 1. The van der Waals surface area contributed by atoms with Crippen LogP contribution in [-0.4, -0.2) is 16.3 Å². The Hall–Kier alpha value is -1.77. The third kappa shape index (κ3) is 1.23. The standard InChI is InChI=1S/C12H13N3/c1-15-12(6-8-14-15)10-3-2-4-11-9(10)5-7-13-11/h2-4,6,8,13H,5,7H2,1H3. The van der Waals surface area contributed by atoms with Crippen molar-refractivity contribution in [1.82, 2.24) is 9.78 Å². The van der Waals surface area contributed by atoms with Gasteiger partial charge in [0.2, 0.25) is 0 Å². The average Bonchev–Trinajstić information content (AvgIpc) is 2.85. The summed E-state index contributed by atoms with van der Waals surface area (Å²) < 4.78 is 1.92. The van der Waals surface area contributed by atoms with Crippen molar-refractivity contribution in [3.63, 3.8) is 0 Å². The Bertz CT molecular complexity index is 499. The van der Waals surface area contributed by atoms with Crippen LogP contribution in [0.3, 0.4) is 0 Å². The highest BCUT2D eigenvalue weighted by molar-refractivity contribution is 5.73. The lowest BCUT2D eigenvalue weighted by atomic mass is 10.0. The Labute approximate surface area is 88.7 Å². The molecule has 1 aromatic carbocycles. The first-order valence-electron chi connectivity index (χ1n) is 5.20. The first-order chi connectivity index (χ1) is 7.36. The number of aromatic nitrogens is 2. The second-order valence-electron chi connectivity index (χ2n) is 3.85. The molecule has 0 radical (unpaired) electrons. The van der Waals surface area contributed by atoms with Crippen LogP contribution >= 0.6 is 0 Å². The topological polar surface area (TPSA) is 29.9 Å². The molecule has 1 aliphatic heterocycles. The summed E-state index contributed by atoms with van der Waals surface area (Å²) in [4.78, 5) is 0. The SMILES string of the molecule is Cn1nccc1-c1cccc2c1CCN2. The van der Waals surface area contributed by atoms with Crippen LogP contribution in [0.15, 0.2) is 30.5 Å². The van der Waals surface area contributed by atoms with Crippen LogP contribution in [0.25, 0.3) is 11.3 Å². The molecule has 15 heavy (non-hydrogen) atoms. The van der Waals surface area contributed by atoms with E-state index in [1.807, 2.05) is 17.9 Å². The Morgan fingerprint density at radius 2 is 2.27 bits per heavy atom. The van der Waals surface area contributed by atoms with Crippen molar-refractivity contribution in [2.24, 2.45) is 7.05 Å². The van der Waals surface area contributed by atoms with Crippen LogP contribution in [0.2, 0.25) is 0 Å². The Kier molecular flexibility index (Phi) is 1.78. The molecule has 0 saturated heterocycles. The summed E-state index contributed by atoms with van der Waals surface area (Å²) in [5.41, 5.74) is 5.18. The summed E-state index contributed by atoms with van der Waals surface area (Å²) in [6, 6.07) is 8.47. The summed E-state index contributed by atoms with van der Waals surface area (Å²) >= 11 is 0. The molecule has 0 bridgehead atoms. The van der Waals surface area contributed by atoms with Crippen molar-refractivity contribution in [2.45, 2.75) is 6.42 Å². The van der Waals surface area contributed by atoms with Crippen molar-refractivity contribution in [3.8, 4) is 11.3 Å². The van der Waals surface area contributed by atoms with E-state index < -0.39 is 0 Å². The molecule has 0 spiro atoms. The highest BCUT2D eigenvalue weighted by atomic mass is 15.3. The lowest BCUT2D eigenvalue weighted by molar-refractivity contribution is 0.775. The normalized spacial score (nSPS) is 13.7. The lowest BCUT2D eigenvalue weighted by Gasteiger charge is -2.07. The largest absolute Gasteiger partial charge is 0.384 e. The van der Waals surface area contributed by atoms with E-state index in [1.165, 1.54) is 22.5 Å². The van der Waals surface area contributed by atoms with Crippen molar-refractivity contribution in [3.05, 3.63) is 36.0 Å². The maximum atomic E-state index is 4.21. The fraction of sp³-hybridized carbons (Fsp3) is 0.250. The minimum atomic E-state index is 1.05. The van der Waals surface area contributed by atoms with Gasteiger partial charge in [-0.25, -0.2) is 0 Å². The first kappa shape index (κ1) is 8.53. The zero-order valence-corrected chi connectivity index (χ0v) is 8.70. The summed E-state index contributed by atoms with van der Waals surface area (Å²) in [7, 11) is 1.98. The quantitative estimate of drug-likeness (QED) is 0.761. The van der Waals surface area contributed by atoms with Gasteiger partial charge in [0, 0.05) is 31.0 Å². The molecule has 0 amide bonds. The third-order valence-corrected chi connectivity index (χ3v) is 2.96. The van der Waals surface area contributed by atoms with E-state index in [4.69, 9.17) is 0 Å². The Balaban J connectivity index is 2.21. The third-order valence-electron chi connectivity index (χ3n) is 2.96. The van der Waals surface area contributed by atoms with Crippen molar-refractivity contribution in [2.75, 3.05) is 11.9 Å². The fourth-order valence-electron chi connectivity index (χ4n) is 2.22. The Morgan fingerprint density at radius 3 is 3.07 bits per heavy atom. The van der Waals surface area contributed by atoms with E-state index in [0.29, 0.717) is 0 Å². The van der Waals surface area contributed by atoms with E-state index in [1.54, 1.807) is 0 Å². The highest BCUT2D eigenvalue weighted by Crippen LogP contribution is 2.32. The van der Waals surface area contributed by atoms with E-state index >= 15 is 0 Å². The minimum Gasteiger partial charge on any atom is -0.384 e. The molecule has 3 heteroatoms. The monoisotopic (exact) mass is 199 g/mol. The Morgan fingerprint density at radius 1 is 1.33 bits per heavy atom. The van der Waals surface area contributed by atoms with Gasteiger partial charge in [-0.1, -0.05) is 12.1 Å². The van der Waals surface area contributed by atoms with Crippen LogP contribution in [0.5, 0.6) is 0 Å². The van der Waals surface area contributed by atoms with Crippen LogP contribution in [0.1, 0.15) is 5.56 Å². The predicted octanol–water partition coefficient (Wildman–Crippen LogP) is 2.06. The maximum absolute atomic E-state index is 4.21. The molecule has 0 atom stereocenters. The molecule has 0 unspecified atom stereocenters. The maximum Gasteiger partial charge on any atom is 0.0682 e. The molecule has 1 aromatic heterocycles. The number of hydrogen-bond acceptors (Lipinski definition) is 2. The van der Waals surface area contributed by atoms with Gasteiger partial charge in [-0.2, -0.15) is 5.10 Å². The van der Waals surface area contributed by atoms with Crippen LogP contribution in [-0.2, 0) is 13.5 Å². The van der Waals surface area contributed by atoms with Gasteiger partial charge in [-0.3, -0.25) is 4.68 Å². The number of benzene rings is 1. The molecule has 0 fully saturated rings. The molecule has 0 saturated carbocycles. The average molecular weight is 199 g/mol. The van der Waals surface area contributed by atoms with Crippen molar-refractivity contribution in [1.29, 1.82) is 0 Å². The van der Waals surface area contributed by atoms with Crippen molar-refractivity contribution >= 4 is 5.69 Å². The van der Waals surface area contributed by atoms with Gasteiger partial charge in [0.05, 0.1) is 5.69 Å². The van der Waals surface area contributed by atoms with Crippen LogP contribution < -0.4 is 5.32 Å². The second kappa shape index (κ2) is 3.12. The van der Waals surface area contributed by atoms with Gasteiger partial charge in [0.25, 0.3) is 0 Å². The number of fused-ring (bicyclic) bond motifs is 1. The second-order valence-corrected chi connectivity index (χ2v) is 3.85. The van der Waals surface area contributed by atoms with E-state index in [2.05, 4.69) is 34.7 Å². The van der Waals surface area contributed by atoms with Crippen molar-refractivity contribution < 1.29 is 0 Å². The summed E-state index contributed by atoms with van der Waals surface area (Å²) in [6.45, 7) is 1.05. The molecular formula is C12H13N3. The molecule has 76 valence electrons.